The van der Waals surface area contributed by atoms with E-state index in [1.807, 2.05) is 0 Å². The van der Waals surface area contributed by atoms with Crippen LogP contribution in [0.15, 0.2) is 59.5 Å². The molecular weight excluding hydrogens is 490 g/mol. The van der Waals surface area contributed by atoms with Crippen molar-refractivity contribution in [1.82, 2.24) is 9.88 Å². The van der Waals surface area contributed by atoms with Crippen LogP contribution < -0.4 is 20.9 Å². The Morgan fingerprint density at radius 1 is 1.11 bits per heavy atom. The number of rotatable bonds is 7. The first kappa shape index (κ1) is 26.1. The SMILES string of the molecule is Cn1ccc(O)c(NC(=O)NC(CC(=O)O)c2cc(F)cc(-c3cccc(OC(F)(F)F)c3)c2)c1=O. The normalized spacial score (nSPS) is 12.0. The molecule has 0 bridgehead atoms. The van der Waals surface area contributed by atoms with E-state index in [0.29, 0.717) is 0 Å². The summed E-state index contributed by atoms with van der Waals surface area (Å²) < 4.78 is 57.1. The molecule has 2 amide bonds. The Morgan fingerprint density at radius 3 is 2.50 bits per heavy atom. The molecule has 13 heteroatoms. The second kappa shape index (κ2) is 10.4. The summed E-state index contributed by atoms with van der Waals surface area (Å²) in [5, 5.41) is 23.6. The van der Waals surface area contributed by atoms with Gasteiger partial charge >= 0.3 is 18.4 Å². The molecule has 3 rings (SSSR count). The van der Waals surface area contributed by atoms with Crippen LogP contribution in [-0.4, -0.2) is 33.1 Å². The Hall–Kier alpha value is -4.55. The summed E-state index contributed by atoms with van der Waals surface area (Å²) >= 11 is 0. The molecule has 36 heavy (non-hydrogen) atoms. The molecule has 0 saturated heterocycles. The van der Waals surface area contributed by atoms with Gasteiger partial charge < -0.3 is 30.2 Å². The fraction of sp³-hybridized carbons (Fsp3) is 0.174. The molecule has 1 heterocycles. The molecule has 1 atom stereocenters. The number of aromatic nitrogens is 1. The first-order valence-electron chi connectivity index (χ1n) is 10.2. The highest BCUT2D eigenvalue weighted by molar-refractivity contribution is 5.91. The molecule has 4 N–H and O–H groups in total. The van der Waals surface area contributed by atoms with Crippen molar-refractivity contribution < 1.29 is 42.1 Å². The Bertz CT molecular complexity index is 1360. The summed E-state index contributed by atoms with van der Waals surface area (Å²) in [7, 11) is 1.38. The number of aromatic hydroxyl groups is 1. The van der Waals surface area contributed by atoms with Crippen molar-refractivity contribution >= 4 is 17.7 Å². The first-order chi connectivity index (χ1) is 16.8. The molecule has 0 saturated carbocycles. The number of carbonyl (C=O) groups excluding carboxylic acids is 1. The minimum absolute atomic E-state index is 0.0186. The van der Waals surface area contributed by atoms with E-state index >= 15 is 0 Å². The molecule has 0 spiro atoms. The van der Waals surface area contributed by atoms with Crippen LogP contribution in [0.25, 0.3) is 11.1 Å². The van der Waals surface area contributed by atoms with Crippen molar-refractivity contribution in [2.75, 3.05) is 5.32 Å². The molecule has 0 aliphatic rings. The number of pyridine rings is 1. The van der Waals surface area contributed by atoms with E-state index in [0.717, 1.165) is 34.9 Å². The van der Waals surface area contributed by atoms with Crippen molar-refractivity contribution in [3.05, 3.63) is 76.5 Å². The third-order valence-corrected chi connectivity index (χ3v) is 4.89. The summed E-state index contributed by atoms with van der Waals surface area (Å²) in [6.45, 7) is 0. The van der Waals surface area contributed by atoms with Crippen LogP contribution in [0.2, 0.25) is 0 Å². The quantitative estimate of drug-likeness (QED) is 0.355. The van der Waals surface area contributed by atoms with Crippen LogP contribution in [0.4, 0.5) is 28.0 Å². The van der Waals surface area contributed by atoms with Crippen LogP contribution in [-0.2, 0) is 11.8 Å². The molecule has 9 nitrogen and oxygen atoms in total. The average molecular weight is 509 g/mol. The van der Waals surface area contributed by atoms with Gasteiger partial charge in [-0.3, -0.25) is 9.59 Å². The molecule has 0 radical (unpaired) electrons. The first-order valence-corrected chi connectivity index (χ1v) is 10.2. The number of halogens is 4. The van der Waals surface area contributed by atoms with Crippen molar-refractivity contribution in [1.29, 1.82) is 0 Å². The van der Waals surface area contributed by atoms with Crippen molar-refractivity contribution in [2.45, 2.75) is 18.8 Å². The van der Waals surface area contributed by atoms with E-state index in [4.69, 9.17) is 0 Å². The van der Waals surface area contributed by atoms with Crippen molar-refractivity contribution in [2.24, 2.45) is 7.05 Å². The van der Waals surface area contributed by atoms with E-state index in [1.165, 1.54) is 31.4 Å². The fourth-order valence-electron chi connectivity index (χ4n) is 3.32. The van der Waals surface area contributed by atoms with Gasteiger partial charge in [-0.2, -0.15) is 0 Å². The fourth-order valence-corrected chi connectivity index (χ4v) is 3.32. The Balaban J connectivity index is 1.92. The average Bonchev–Trinajstić information content (AvgIpc) is 2.77. The van der Waals surface area contributed by atoms with Gasteiger partial charge in [0.2, 0.25) is 0 Å². The van der Waals surface area contributed by atoms with Gasteiger partial charge in [0, 0.05) is 13.2 Å². The van der Waals surface area contributed by atoms with Gasteiger partial charge in [0.15, 0.2) is 5.69 Å². The lowest BCUT2D eigenvalue weighted by Gasteiger charge is -2.19. The summed E-state index contributed by atoms with van der Waals surface area (Å²) in [6, 6.07) is 6.76. The van der Waals surface area contributed by atoms with Crippen molar-refractivity contribution in [3.63, 3.8) is 0 Å². The maximum absolute atomic E-state index is 14.5. The zero-order valence-corrected chi connectivity index (χ0v) is 18.5. The Morgan fingerprint density at radius 2 is 1.83 bits per heavy atom. The molecule has 3 aromatic rings. The van der Waals surface area contributed by atoms with Crippen molar-refractivity contribution in [3.8, 4) is 22.6 Å². The van der Waals surface area contributed by atoms with Crippen LogP contribution in [0.1, 0.15) is 18.0 Å². The van der Waals surface area contributed by atoms with Crippen LogP contribution in [0.3, 0.4) is 0 Å². The molecule has 2 aromatic carbocycles. The largest absolute Gasteiger partial charge is 0.573 e. The molecule has 0 aliphatic heterocycles. The number of carboxylic acid groups (broad SMARTS) is 1. The molecule has 1 unspecified atom stereocenters. The predicted molar refractivity (Wildman–Crippen MR) is 119 cm³/mol. The van der Waals surface area contributed by atoms with Gasteiger partial charge in [-0.15, -0.1) is 13.2 Å². The topological polar surface area (TPSA) is 130 Å². The summed E-state index contributed by atoms with van der Waals surface area (Å²) in [6.07, 6.45) is -4.38. The lowest BCUT2D eigenvalue weighted by molar-refractivity contribution is -0.274. The number of aryl methyl sites for hydroxylation is 1. The minimum Gasteiger partial charge on any atom is -0.505 e. The van der Waals surface area contributed by atoms with E-state index in [9.17, 15) is 42.2 Å². The monoisotopic (exact) mass is 509 g/mol. The third kappa shape index (κ3) is 6.74. The van der Waals surface area contributed by atoms with Gasteiger partial charge in [0.1, 0.15) is 17.3 Å². The smallest absolute Gasteiger partial charge is 0.505 e. The molecule has 190 valence electrons. The minimum atomic E-state index is -4.94. The van der Waals surface area contributed by atoms with Gasteiger partial charge in [-0.05, 0) is 53.1 Å². The number of benzene rings is 2. The lowest BCUT2D eigenvalue weighted by atomic mass is 9.97. The van der Waals surface area contributed by atoms with Crippen LogP contribution >= 0.6 is 0 Å². The zero-order chi connectivity index (χ0) is 26.6. The highest BCUT2D eigenvalue weighted by Gasteiger charge is 2.31. The van der Waals surface area contributed by atoms with E-state index in [-0.39, 0.29) is 16.7 Å². The third-order valence-electron chi connectivity index (χ3n) is 4.89. The number of amides is 2. The number of hydrogen-bond acceptors (Lipinski definition) is 5. The summed E-state index contributed by atoms with van der Waals surface area (Å²) in [5.41, 5.74) is -1.00. The van der Waals surface area contributed by atoms with E-state index < -0.39 is 59.4 Å². The van der Waals surface area contributed by atoms with Gasteiger partial charge in [-0.1, -0.05) is 12.1 Å². The molecule has 1 aromatic heterocycles. The number of urea groups is 1. The molecule has 0 aliphatic carbocycles. The Labute approximate surface area is 200 Å². The number of carbonyl (C=O) groups is 2. The van der Waals surface area contributed by atoms with E-state index in [1.54, 1.807) is 0 Å². The van der Waals surface area contributed by atoms with E-state index in [2.05, 4.69) is 15.4 Å². The predicted octanol–water partition coefficient (Wildman–Crippen LogP) is 4.13. The number of nitrogens with zero attached hydrogens (tertiary/aromatic N) is 1. The molecular formula is C23H19F4N3O6. The number of nitrogens with one attached hydrogen (secondary N) is 2. The highest BCUT2D eigenvalue weighted by Crippen LogP contribution is 2.31. The molecule has 0 fully saturated rings. The number of aliphatic carboxylic acids is 1. The zero-order valence-electron chi connectivity index (χ0n) is 18.5. The summed E-state index contributed by atoms with van der Waals surface area (Å²) in [4.78, 5) is 36.1. The van der Waals surface area contributed by atoms with Gasteiger partial charge in [-0.25, -0.2) is 9.18 Å². The maximum atomic E-state index is 14.5. The van der Waals surface area contributed by atoms with Crippen LogP contribution in [0.5, 0.6) is 11.5 Å². The number of alkyl halides is 3. The summed E-state index contributed by atoms with van der Waals surface area (Å²) in [5.74, 6) is -3.28. The Kier molecular flexibility index (Phi) is 7.51. The number of ether oxygens (including phenoxy) is 1. The second-order valence-electron chi connectivity index (χ2n) is 7.59. The van der Waals surface area contributed by atoms with Crippen LogP contribution in [0, 0.1) is 5.82 Å². The lowest BCUT2D eigenvalue weighted by Crippen LogP contribution is -2.36. The highest BCUT2D eigenvalue weighted by atomic mass is 19.4. The maximum Gasteiger partial charge on any atom is 0.573 e. The van der Waals surface area contributed by atoms with Gasteiger partial charge in [0.05, 0.1) is 12.5 Å². The standard InChI is InChI=1S/C23H19F4N3O6/c1-30-6-5-18(31)20(21(30)34)29-22(35)28-17(11-19(32)33)14-7-13(8-15(24)9-14)12-3-2-4-16(10-12)36-23(25,26)27/h2-10,17,31H,11H2,1H3,(H,32,33)(H2,28,29,35). The number of hydrogen-bond donors (Lipinski definition) is 4. The van der Waals surface area contributed by atoms with Gasteiger partial charge in [0.25, 0.3) is 5.56 Å². The number of anilines is 1. The second-order valence-corrected chi connectivity index (χ2v) is 7.59. The number of carboxylic acids is 1.